The highest BCUT2D eigenvalue weighted by Crippen LogP contribution is 2.21. The van der Waals surface area contributed by atoms with Crippen molar-refractivity contribution in [3.63, 3.8) is 0 Å². The summed E-state index contributed by atoms with van der Waals surface area (Å²) in [4.78, 5) is 15.3. The lowest BCUT2D eigenvalue weighted by molar-refractivity contribution is -0.130. The molecule has 1 aliphatic rings. The SMILES string of the molecule is CN1CCCN(C[C@@H](O)c2ccc(Cl)c(F)c2)CC1=O. The van der Waals surface area contributed by atoms with Gasteiger partial charge in [-0.3, -0.25) is 9.69 Å². The Morgan fingerprint density at radius 1 is 1.45 bits per heavy atom. The van der Waals surface area contributed by atoms with Crippen molar-refractivity contribution in [3.8, 4) is 0 Å². The molecule has 0 aromatic heterocycles. The van der Waals surface area contributed by atoms with Gasteiger partial charge in [-0.15, -0.1) is 0 Å². The number of carbonyl (C=O) groups excluding carboxylic acids is 1. The molecule has 4 nitrogen and oxygen atoms in total. The number of halogens is 2. The topological polar surface area (TPSA) is 43.8 Å². The molecule has 1 heterocycles. The molecule has 1 aromatic rings. The van der Waals surface area contributed by atoms with E-state index in [1.54, 1.807) is 18.0 Å². The van der Waals surface area contributed by atoms with Crippen molar-refractivity contribution in [1.29, 1.82) is 0 Å². The number of amides is 1. The molecule has 1 atom stereocenters. The first-order valence-electron chi connectivity index (χ1n) is 6.56. The van der Waals surface area contributed by atoms with E-state index in [0.29, 0.717) is 12.1 Å². The van der Waals surface area contributed by atoms with Crippen LogP contribution in [-0.4, -0.2) is 54.0 Å². The van der Waals surface area contributed by atoms with Crippen molar-refractivity contribution in [3.05, 3.63) is 34.6 Å². The van der Waals surface area contributed by atoms with Crippen LogP contribution in [0.15, 0.2) is 18.2 Å². The second-order valence-corrected chi connectivity index (χ2v) is 5.50. The molecule has 0 unspecified atom stereocenters. The van der Waals surface area contributed by atoms with Crippen molar-refractivity contribution in [2.24, 2.45) is 0 Å². The predicted octanol–water partition coefficient (Wildman–Crippen LogP) is 1.68. The van der Waals surface area contributed by atoms with Crippen molar-refractivity contribution >= 4 is 17.5 Å². The van der Waals surface area contributed by atoms with Crippen LogP contribution in [0.3, 0.4) is 0 Å². The van der Waals surface area contributed by atoms with E-state index in [4.69, 9.17) is 11.6 Å². The van der Waals surface area contributed by atoms with E-state index >= 15 is 0 Å². The molecular weight excluding hydrogens is 283 g/mol. The molecule has 1 fully saturated rings. The fourth-order valence-electron chi connectivity index (χ4n) is 2.27. The van der Waals surface area contributed by atoms with Crippen LogP contribution >= 0.6 is 11.6 Å². The zero-order chi connectivity index (χ0) is 14.7. The van der Waals surface area contributed by atoms with E-state index in [1.165, 1.54) is 12.1 Å². The van der Waals surface area contributed by atoms with Crippen LogP contribution in [0.5, 0.6) is 0 Å². The highest BCUT2D eigenvalue weighted by atomic mass is 35.5. The number of hydrogen-bond acceptors (Lipinski definition) is 3. The van der Waals surface area contributed by atoms with Gasteiger partial charge in [-0.1, -0.05) is 17.7 Å². The molecule has 0 radical (unpaired) electrons. The third kappa shape index (κ3) is 3.69. The Kier molecular flexibility index (Phi) is 4.96. The minimum absolute atomic E-state index is 0.0347. The smallest absolute Gasteiger partial charge is 0.236 e. The number of aliphatic hydroxyl groups is 1. The molecule has 0 saturated carbocycles. The first-order valence-corrected chi connectivity index (χ1v) is 6.94. The van der Waals surface area contributed by atoms with Gasteiger partial charge in [0.1, 0.15) is 5.82 Å². The van der Waals surface area contributed by atoms with Gasteiger partial charge in [-0.25, -0.2) is 4.39 Å². The summed E-state index contributed by atoms with van der Waals surface area (Å²) < 4.78 is 13.4. The molecule has 1 amide bonds. The number of hydrogen-bond donors (Lipinski definition) is 1. The first kappa shape index (κ1) is 15.2. The Morgan fingerprint density at radius 3 is 2.90 bits per heavy atom. The number of likely N-dealkylation sites (N-methyl/N-ethyl adjacent to an activating group) is 1. The van der Waals surface area contributed by atoms with Gasteiger partial charge in [-0.05, 0) is 24.1 Å². The maximum Gasteiger partial charge on any atom is 0.236 e. The Balaban J connectivity index is 2.01. The van der Waals surface area contributed by atoms with Crippen molar-refractivity contribution in [2.75, 3.05) is 33.2 Å². The van der Waals surface area contributed by atoms with Crippen LogP contribution in [0.1, 0.15) is 18.1 Å². The summed E-state index contributed by atoms with van der Waals surface area (Å²) in [6.45, 7) is 2.05. The highest BCUT2D eigenvalue weighted by molar-refractivity contribution is 6.30. The zero-order valence-corrected chi connectivity index (χ0v) is 12.1. The Hall–Kier alpha value is -1.17. The van der Waals surface area contributed by atoms with Gasteiger partial charge < -0.3 is 10.0 Å². The zero-order valence-electron chi connectivity index (χ0n) is 11.4. The van der Waals surface area contributed by atoms with Crippen LogP contribution in [0.4, 0.5) is 4.39 Å². The van der Waals surface area contributed by atoms with Crippen LogP contribution in [0.25, 0.3) is 0 Å². The van der Waals surface area contributed by atoms with Crippen LogP contribution in [0, 0.1) is 5.82 Å². The van der Waals surface area contributed by atoms with E-state index in [0.717, 1.165) is 19.5 Å². The lowest BCUT2D eigenvalue weighted by atomic mass is 10.1. The summed E-state index contributed by atoms with van der Waals surface area (Å²) in [6.07, 6.45) is 0.0298. The Morgan fingerprint density at radius 2 is 2.20 bits per heavy atom. The molecule has 20 heavy (non-hydrogen) atoms. The molecule has 1 N–H and O–H groups in total. The van der Waals surface area contributed by atoms with Crippen LogP contribution in [0.2, 0.25) is 5.02 Å². The number of β-amino-alcohol motifs (C(OH)–C–C–N with tert-alkyl or cyclic N) is 1. The van der Waals surface area contributed by atoms with Gasteiger partial charge in [0.25, 0.3) is 0 Å². The molecule has 110 valence electrons. The molecule has 0 aliphatic carbocycles. The Labute approximate surface area is 122 Å². The molecule has 6 heteroatoms. The molecule has 0 spiro atoms. The molecule has 1 aliphatic heterocycles. The monoisotopic (exact) mass is 300 g/mol. The van der Waals surface area contributed by atoms with E-state index in [-0.39, 0.29) is 17.5 Å². The predicted molar refractivity (Wildman–Crippen MR) is 75.1 cm³/mol. The standard InChI is InChI=1S/C14H18ClFN2O2/c1-17-5-2-6-18(9-14(17)20)8-13(19)10-3-4-11(15)12(16)7-10/h3-4,7,13,19H,2,5-6,8-9H2,1H3/t13-/m1/s1. The van der Waals surface area contributed by atoms with E-state index < -0.39 is 11.9 Å². The van der Waals surface area contributed by atoms with Crippen LogP contribution in [-0.2, 0) is 4.79 Å². The average molecular weight is 301 g/mol. The van der Waals surface area contributed by atoms with Crippen molar-refractivity contribution < 1.29 is 14.3 Å². The van der Waals surface area contributed by atoms with Crippen LogP contribution < -0.4 is 0 Å². The average Bonchev–Trinajstić information content (AvgIpc) is 2.55. The fraction of sp³-hybridized carbons (Fsp3) is 0.500. The van der Waals surface area contributed by atoms with Gasteiger partial charge >= 0.3 is 0 Å². The van der Waals surface area contributed by atoms with Gasteiger partial charge in [0.2, 0.25) is 5.91 Å². The highest BCUT2D eigenvalue weighted by Gasteiger charge is 2.21. The summed E-state index contributed by atoms with van der Waals surface area (Å²) in [5, 5.41) is 10.2. The third-order valence-corrected chi connectivity index (χ3v) is 3.82. The van der Waals surface area contributed by atoms with Gasteiger partial charge in [-0.2, -0.15) is 0 Å². The maximum atomic E-state index is 13.4. The van der Waals surface area contributed by atoms with Crippen molar-refractivity contribution in [1.82, 2.24) is 9.80 Å². The normalized spacial score (nSPS) is 19.0. The lowest BCUT2D eigenvalue weighted by Crippen LogP contribution is -2.36. The third-order valence-electron chi connectivity index (χ3n) is 3.51. The molecule has 2 rings (SSSR count). The van der Waals surface area contributed by atoms with E-state index in [9.17, 15) is 14.3 Å². The Bertz CT molecular complexity index is 498. The number of benzene rings is 1. The molecule has 1 saturated heterocycles. The summed E-state index contributed by atoms with van der Waals surface area (Å²) >= 11 is 5.62. The molecular formula is C14H18ClFN2O2. The lowest BCUT2D eigenvalue weighted by Gasteiger charge is -2.22. The number of carbonyl (C=O) groups is 1. The van der Waals surface area contributed by atoms with Crippen molar-refractivity contribution in [2.45, 2.75) is 12.5 Å². The number of rotatable bonds is 3. The largest absolute Gasteiger partial charge is 0.387 e. The number of aliphatic hydroxyl groups excluding tert-OH is 1. The second-order valence-electron chi connectivity index (χ2n) is 5.09. The first-order chi connectivity index (χ1) is 9.47. The molecule has 1 aromatic carbocycles. The van der Waals surface area contributed by atoms with Gasteiger partial charge in [0, 0.05) is 26.7 Å². The van der Waals surface area contributed by atoms with E-state index in [1.807, 2.05) is 4.90 Å². The minimum Gasteiger partial charge on any atom is -0.387 e. The van der Waals surface area contributed by atoms with Gasteiger partial charge in [0.15, 0.2) is 0 Å². The quantitative estimate of drug-likeness (QED) is 0.923. The van der Waals surface area contributed by atoms with Gasteiger partial charge in [0.05, 0.1) is 17.7 Å². The summed E-state index contributed by atoms with van der Waals surface area (Å²) in [7, 11) is 1.77. The second kappa shape index (κ2) is 6.52. The molecule has 0 bridgehead atoms. The van der Waals surface area contributed by atoms with E-state index in [2.05, 4.69) is 0 Å². The maximum absolute atomic E-state index is 13.4. The summed E-state index contributed by atoms with van der Waals surface area (Å²) in [5.41, 5.74) is 0.469. The summed E-state index contributed by atoms with van der Waals surface area (Å²) in [5.74, 6) is -0.508. The summed E-state index contributed by atoms with van der Waals surface area (Å²) in [6, 6.07) is 4.26. The fourth-order valence-corrected chi connectivity index (χ4v) is 2.39. The minimum atomic E-state index is -0.835. The number of nitrogens with zero attached hydrogens (tertiary/aromatic N) is 2.